The highest BCUT2D eigenvalue weighted by Gasteiger charge is 2.22. The first-order valence-corrected chi connectivity index (χ1v) is 4.39. The number of nitrogens with zero attached hydrogens (tertiary/aromatic N) is 1. The summed E-state index contributed by atoms with van der Waals surface area (Å²) >= 11 is 0. The van der Waals surface area contributed by atoms with Crippen LogP contribution in [0.1, 0.15) is 13.8 Å². The topological polar surface area (TPSA) is 58.4 Å². The second-order valence-electron chi connectivity index (χ2n) is 3.43. The summed E-state index contributed by atoms with van der Waals surface area (Å²) in [6.07, 6.45) is 0. The van der Waals surface area contributed by atoms with E-state index in [-0.39, 0.29) is 11.9 Å². The molecule has 1 aliphatic heterocycles. The summed E-state index contributed by atoms with van der Waals surface area (Å²) in [7, 11) is 0. The van der Waals surface area contributed by atoms with E-state index in [4.69, 9.17) is 5.73 Å². The molecule has 1 rings (SSSR count). The van der Waals surface area contributed by atoms with Gasteiger partial charge in [-0.2, -0.15) is 0 Å². The Morgan fingerprint density at radius 1 is 1.75 bits per heavy atom. The lowest BCUT2D eigenvalue weighted by Gasteiger charge is -2.32. The quantitative estimate of drug-likeness (QED) is 0.540. The Kier molecular flexibility index (Phi) is 3.05. The van der Waals surface area contributed by atoms with E-state index >= 15 is 0 Å². The molecule has 0 bridgehead atoms. The molecule has 3 N–H and O–H groups in total. The predicted molar refractivity (Wildman–Crippen MR) is 47.7 cm³/mol. The molecule has 4 heteroatoms. The SMILES string of the molecule is C[C@H](N)C(=O)N1CCN[C@@H](C)C1. The number of hydrogen-bond donors (Lipinski definition) is 2. The number of carbonyl (C=O) groups excluding carboxylic acids is 1. The molecule has 1 aliphatic rings. The number of carbonyl (C=O) groups is 1. The summed E-state index contributed by atoms with van der Waals surface area (Å²) in [5.74, 6) is 0.0587. The molecule has 70 valence electrons. The van der Waals surface area contributed by atoms with Crippen LogP contribution in [0, 0.1) is 0 Å². The van der Waals surface area contributed by atoms with Gasteiger partial charge in [0.05, 0.1) is 6.04 Å². The molecular formula is C8H17N3O. The third-order valence-electron chi connectivity index (χ3n) is 2.07. The first-order chi connectivity index (χ1) is 5.61. The Morgan fingerprint density at radius 3 is 2.92 bits per heavy atom. The third kappa shape index (κ3) is 2.19. The summed E-state index contributed by atoms with van der Waals surface area (Å²) < 4.78 is 0. The van der Waals surface area contributed by atoms with Gasteiger partial charge in [0.2, 0.25) is 5.91 Å². The number of nitrogens with two attached hydrogens (primary N) is 1. The van der Waals surface area contributed by atoms with Crippen LogP contribution in [0.4, 0.5) is 0 Å². The Labute approximate surface area is 73.1 Å². The first-order valence-electron chi connectivity index (χ1n) is 4.39. The van der Waals surface area contributed by atoms with Crippen molar-refractivity contribution in [2.45, 2.75) is 25.9 Å². The fourth-order valence-electron chi connectivity index (χ4n) is 1.42. The standard InChI is InChI=1S/C8H17N3O/c1-6-5-11(4-3-10-6)8(12)7(2)9/h6-7,10H,3-5,9H2,1-2H3/t6-,7-/m0/s1. The Hall–Kier alpha value is -0.610. The van der Waals surface area contributed by atoms with Gasteiger partial charge in [0.1, 0.15) is 0 Å². The highest BCUT2D eigenvalue weighted by Crippen LogP contribution is 2.00. The normalized spacial score (nSPS) is 26.9. The Morgan fingerprint density at radius 2 is 2.42 bits per heavy atom. The third-order valence-corrected chi connectivity index (χ3v) is 2.07. The van der Waals surface area contributed by atoms with Crippen LogP contribution in [-0.4, -0.2) is 42.5 Å². The lowest BCUT2D eigenvalue weighted by molar-refractivity contribution is -0.133. The van der Waals surface area contributed by atoms with Gasteiger partial charge in [-0.05, 0) is 13.8 Å². The van der Waals surface area contributed by atoms with Crippen molar-refractivity contribution in [2.24, 2.45) is 5.73 Å². The van der Waals surface area contributed by atoms with Crippen LogP contribution < -0.4 is 11.1 Å². The minimum absolute atomic E-state index is 0.0587. The van der Waals surface area contributed by atoms with E-state index in [1.54, 1.807) is 6.92 Å². The molecule has 4 nitrogen and oxygen atoms in total. The smallest absolute Gasteiger partial charge is 0.239 e. The summed E-state index contributed by atoms with van der Waals surface area (Å²) in [6.45, 7) is 6.24. The van der Waals surface area contributed by atoms with Gasteiger partial charge in [0.25, 0.3) is 0 Å². The largest absolute Gasteiger partial charge is 0.339 e. The van der Waals surface area contributed by atoms with Crippen LogP contribution in [-0.2, 0) is 4.79 Å². The van der Waals surface area contributed by atoms with Gasteiger partial charge in [0, 0.05) is 25.7 Å². The zero-order chi connectivity index (χ0) is 9.14. The summed E-state index contributed by atoms with van der Waals surface area (Å²) in [6, 6.07) is 0.0248. The molecule has 1 saturated heterocycles. The van der Waals surface area contributed by atoms with E-state index in [0.29, 0.717) is 6.04 Å². The molecule has 0 unspecified atom stereocenters. The van der Waals surface area contributed by atoms with E-state index in [0.717, 1.165) is 19.6 Å². The van der Waals surface area contributed by atoms with E-state index < -0.39 is 0 Å². The number of hydrogen-bond acceptors (Lipinski definition) is 3. The second kappa shape index (κ2) is 3.87. The van der Waals surface area contributed by atoms with Crippen molar-refractivity contribution in [1.29, 1.82) is 0 Å². The molecule has 0 aliphatic carbocycles. The van der Waals surface area contributed by atoms with Crippen molar-refractivity contribution >= 4 is 5.91 Å². The van der Waals surface area contributed by atoms with E-state index in [1.807, 2.05) is 4.90 Å². The van der Waals surface area contributed by atoms with Crippen molar-refractivity contribution in [3.05, 3.63) is 0 Å². The molecule has 1 amide bonds. The minimum atomic E-state index is -0.365. The van der Waals surface area contributed by atoms with Gasteiger partial charge in [-0.25, -0.2) is 0 Å². The van der Waals surface area contributed by atoms with Crippen LogP contribution in [0.15, 0.2) is 0 Å². The number of piperazine rings is 1. The molecule has 0 radical (unpaired) electrons. The zero-order valence-electron chi connectivity index (χ0n) is 7.71. The number of amides is 1. The molecule has 2 atom stereocenters. The monoisotopic (exact) mass is 171 g/mol. The molecule has 0 aromatic rings. The predicted octanol–water partition coefficient (Wildman–Crippen LogP) is -0.846. The minimum Gasteiger partial charge on any atom is -0.339 e. The molecule has 0 spiro atoms. The molecule has 1 heterocycles. The van der Waals surface area contributed by atoms with Gasteiger partial charge in [-0.3, -0.25) is 4.79 Å². The van der Waals surface area contributed by atoms with Crippen LogP contribution >= 0.6 is 0 Å². The first kappa shape index (κ1) is 9.48. The average molecular weight is 171 g/mol. The summed E-state index contributed by atoms with van der Waals surface area (Å²) in [4.78, 5) is 13.2. The lowest BCUT2D eigenvalue weighted by Crippen LogP contribution is -2.54. The number of nitrogens with one attached hydrogen (secondary N) is 1. The van der Waals surface area contributed by atoms with Gasteiger partial charge in [-0.1, -0.05) is 0 Å². The maximum absolute atomic E-state index is 11.4. The Bertz CT molecular complexity index is 170. The fraction of sp³-hybridized carbons (Fsp3) is 0.875. The highest BCUT2D eigenvalue weighted by molar-refractivity contribution is 5.81. The van der Waals surface area contributed by atoms with Crippen molar-refractivity contribution in [1.82, 2.24) is 10.2 Å². The lowest BCUT2D eigenvalue weighted by atomic mass is 10.2. The fourth-order valence-corrected chi connectivity index (χ4v) is 1.42. The zero-order valence-corrected chi connectivity index (χ0v) is 7.71. The Balaban J connectivity index is 2.46. The van der Waals surface area contributed by atoms with Gasteiger partial charge in [0.15, 0.2) is 0 Å². The van der Waals surface area contributed by atoms with Crippen LogP contribution in [0.2, 0.25) is 0 Å². The molecule has 12 heavy (non-hydrogen) atoms. The molecule has 0 saturated carbocycles. The maximum Gasteiger partial charge on any atom is 0.239 e. The van der Waals surface area contributed by atoms with Crippen molar-refractivity contribution in [3.63, 3.8) is 0 Å². The maximum atomic E-state index is 11.4. The van der Waals surface area contributed by atoms with Crippen LogP contribution in [0.3, 0.4) is 0 Å². The highest BCUT2D eigenvalue weighted by atomic mass is 16.2. The molecule has 0 aromatic carbocycles. The van der Waals surface area contributed by atoms with Crippen molar-refractivity contribution in [3.8, 4) is 0 Å². The van der Waals surface area contributed by atoms with Gasteiger partial charge < -0.3 is 16.0 Å². The van der Waals surface area contributed by atoms with E-state index in [2.05, 4.69) is 12.2 Å². The van der Waals surface area contributed by atoms with E-state index in [9.17, 15) is 4.79 Å². The average Bonchev–Trinajstić information content (AvgIpc) is 2.03. The summed E-state index contributed by atoms with van der Waals surface area (Å²) in [5.41, 5.74) is 5.50. The van der Waals surface area contributed by atoms with E-state index in [1.165, 1.54) is 0 Å². The van der Waals surface area contributed by atoms with Gasteiger partial charge >= 0.3 is 0 Å². The summed E-state index contributed by atoms with van der Waals surface area (Å²) in [5, 5.41) is 3.27. The molecule has 0 aromatic heterocycles. The van der Waals surface area contributed by atoms with Crippen LogP contribution in [0.5, 0.6) is 0 Å². The van der Waals surface area contributed by atoms with Crippen molar-refractivity contribution < 1.29 is 4.79 Å². The van der Waals surface area contributed by atoms with Crippen molar-refractivity contribution in [2.75, 3.05) is 19.6 Å². The van der Waals surface area contributed by atoms with Gasteiger partial charge in [-0.15, -0.1) is 0 Å². The van der Waals surface area contributed by atoms with Crippen LogP contribution in [0.25, 0.3) is 0 Å². The molecular weight excluding hydrogens is 154 g/mol. The second-order valence-corrected chi connectivity index (χ2v) is 3.43. The number of rotatable bonds is 1. The molecule has 1 fully saturated rings.